The zero-order valence-electron chi connectivity index (χ0n) is 11.7. The van der Waals surface area contributed by atoms with Crippen molar-refractivity contribution in [3.05, 3.63) is 34.9 Å². The molecular weight excluding hydrogens is 318 g/mol. The molecule has 0 aliphatic carbocycles. The molecule has 2 aliphatic heterocycles. The van der Waals surface area contributed by atoms with Crippen molar-refractivity contribution in [2.75, 3.05) is 6.54 Å². The van der Waals surface area contributed by atoms with Gasteiger partial charge in [-0.3, -0.25) is 4.79 Å². The number of ether oxygens (including phenoxy) is 1. The van der Waals surface area contributed by atoms with E-state index in [1.807, 2.05) is 6.07 Å². The maximum Gasteiger partial charge on any atom is 0.251 e. The van der Waals surface area contributed by atoms with E-state index in [-0.39, 0.29) is 16.8 Å². The Kier molecular flexibility index (Phi) is 4.13. The van der Waals surface area contributed by atoms with Crippen molar-refractivity contribution in [3.63, 3.8) is 0 Å². The minimum atomic E-state index is 0.0553. The Morgan fingerprint density at radius 2 is 2.25 bits per heavy atom. The van der Waals surface area contributed by atoms with Crippen molar-refractivity contribution in [1.82, 2.24) is 5.32 Å². The lowest BCUT2D eigenvalue weighted by atomic mass is 9.97. The van der Waals surface area contributed by atoms with Crippen molar-refractivity contribution in [2.45, 2.75) is 49.6 Å². The summed E-state index contributed by atoms with van der Waals surface area (Å²) in [7, 11) is 0. The molecule has 1 aromatic rings. The minimum absolute atomic E-state index is 0.0553. The molecule has 0 spiro atoms. The number of fused-ring (bicyclic) bond motifs is 1. The largest absolute Gasteiger partial charge is 0.374 e. The first kappa shape index (κ1) is 14.1. The number of rotatable bonds is 2. The van der Waals surface area contributed by atoms with Gasteiger partial charge in [0.1, 0.15) is 0 Å². The summed E-state index contributed by atoms with van der Waals surface area (Å²) in [5, 5.41) is 2.96. The summed E-state index contributed by atoms with van der Waals surface area (Å²) in [6.45, 7) is 2.88. The molecule has 3 rings (SSSR count). The van der Waals surface area contributed by atoms with Gasteiger partial charge in [0.2, 0.25) is 0 Å². The molecule has 2 aliphatic rings. The van der Waals surface area contributed by atoms with Crippen molar-refractivity contribution < 1.29 is 9.53 Å². The van der Waals surface area contributed by atoms with Gasteiger partial charge in [-0.05, 0) is 49.8 Å². The van der Waals surface area contributed by atoms with E-state index in [4.69, 9.17) is 4.74 Å². The fourth-order valence-corrected chi connectivity index (χ4v) is 3.71. The predicted molar refractivity (Wildman–Crippen MR) is 82.3 cm³/mol. The molecule has 3 nitrogen and oxygen atoms in total. The number of hydrogen-bond acceptors (Lipinski definition) is 2. The number of alkyl halides is 1. The van der Waals surface area contributed by atoms with Crippen LogP contribution in [0.25, 0.3) is 0 Å². The van der Waals surface area contributed by atoms with Gasteiger partial charge >= 0.3 is 0 Å². The predicted octanol–water partition coefficient (Wildman–Crippen LogP) is 3.37. The van der Waals surface area contributed by atoms with Gasteiger partial charge < -0.3 is 10.1 Å². The fourth-order valence-electron chi connectivity index (χ4n) is 3.03. The number of amides is 1. The minimum Gasteiger partial charge on any atom is -0.374 e. The number of nitrogens with one attached hydrogen (secondary N) is 1. The number of halogens is 1. The normalized spacial score (nSPS) is 27.6. The molecule has 108 valence electrons. The SMILES string of the molecule is CC1CCC(C(Br)c2ccc3c(c2)C(=O)NCCC3)O1. The Morgan fingerprint density at radius 3 is 3.00 bits per heavy atom. The van der Waals surface area contributed by atoms with Gasteiger partial charge in [0, 0.05) is 12.1 Å². The lowest BCUT2D eigenvalue weighted by molar-refractivity contribution is 0.0556. The van der Waals surface area contributed by atoms with Crippen molar-refractivity contribution >= 4 is 21.8 Å². The van der Waals surface area contributed by atoms with E-state index in [2.05, 4.69) is 40.3 Å². The van der Waals surface area contributed by atoms with E-state index in [1.54, 1.807) is 0 Å². The van der Waals surface area contributed by atoms with E-state index in [9.17, 15) is 4.79 Å². The zero-order chi connectivity index (χ0) is 14.1. The standard InChI is InChI=1S/C16H20BrNO2/c1-10-4-7-14(20-10)15(17)12-6-5-11-3-2-8-18-16(19)13(11)9-12/h5-6,9-10,14-15H,2-4,7-8H2,1H3,(H,18,19). The summed E-state index contributed by atoms with van der Waals surface area (Å²) in [5.74, 6) is 0.0553. The maximum atomic E-state index is 12.1. The molecule has 4 heteroatoms. The van der Waals surface area contributed by atoms with Gasteiger partial charge in [-0.15, -0.1) is 0 Å². The molecule has 0 bridgehead atoms. The van der Waals surface area contributed by atoms with E-state index in [0.717, 1.165) is 48.9 Å². The van der Waals surface area contributed by atoms with Crippen LogP contribution in [0.2, 0.25) is 0 Å². The molecule has 0 saturated carbocycles. The first-order valence-corrected chi connectivity index (χ1v) is 8.27. The van der Waals surface area contributed by atoms with Crippen LogP contribution in [0.4, 0.5) is 0 Å². The number of benzene rings is 1. The topological polar surface area (TPSA) is 38.3 Å². The Morgan fingerprint density at radius 1 is 1.40 bits per heavy atom. The van der Waals surface area contributed by atoms with Gasteiger partial charge in [0.05, 0.1) is 17.0 Å². The monoisotopic (exact) mass is 337 g/mol. The molecule has 1 aromatic carbocycles. The van der Waals surface area contributed by atoms with Gasteiger partial charge in [0.15, 0.2) is 0 Å². The molecule has 20 heavy (non-hydrogen) atoms. The summed E-state index contributed by atoms with van der Waals surface area (Å²) in [4.78, 5) is 12.3. The summed E-state index contributed by atoms with van der Waals surface area (Å²) in [5.41, 5.74) is 3.12. The number of aryl methyl sites for hydroxylation is 1. The average molecular weight is 338 g/mol. The summed E-state index contributed by atoms with van der Waals surface area (Å²) >= 11 is 3.75. The molecule has 0 aromatic heterocycles. The molecule has 1 N–H and O–H groups in total. The Labute approximate surface area is 128 Å². The fraction of sp³-hybridized carbons (Fsp3) is 0.562. The lowest BCUT2D eigenvalue weighted by Gasteiger charge is -2.19. The smallest absolute Gasteiger partial charge is 0.251 e. The molecule has 1 saturated heterocycles. The average Bonchev–Trinajstić information content (AvgIpc) is 2.80. The first-order chi connectivity index (χ1) is 9.65. The second kappa shape index (κ2) is 5.86. The zero-order valence-corrected chi connectivity index (χ0v) is 13.3. The highest BCUT2D eigenvalue weighted by atomic mass is 79.9. The Balaban J connectivity index is 1.86. The summed E-state index contributed by atoms with van der Waals surface area (Å²) in [6, 6.07) is 6.26. The third kappa shape index (κ3) is 2.77. The van der Waals surface area contributed by atoms with E-state index in [0.29, 0.717) is 6.10 Å². The van der Waals surface area contributed by atoms with Crippen molar-refractivity contribution in [1.29, 1.82) is 0 Å². The molecule has 0 radical (unpaired) electrons. The van der Waals surface area contributed by atoms with Crippen LogP contribution in [0, 0.1) is 0 Å². The van der Waals surface area contributed by atoms with Crippen LogP contribution in [-0.4, -0.2) is 24.7 Å². The van der Waals surface area contributed by atoms with Crippen LogP contribution in [0.15, 0.2) is 18.2 Å². The van der Waals surface area contributed by atoms with Crippen LogP contribution < -0.4 is 5.32 Å². The Hall–Kier alpha value is -0.870. The second-order valence-corrected chi connectivity index (χ2v) is 6.73. The third-order valence-corrected chi connectivity index (χ3v) is 5.31. The van der Waals surface area contributed by atoms with Crippen LogP contribution in [0.1, 0.15) is 52.5 Å². The molecular formula is C16H20BrNO2. The van der Waals surface area contributed by atoms with Gasteiger partial charge in [-0.1, -0.05) is 28.1 Å². The van der Waals surface area contributed by atoms with Crippen molar-refractivity contribution in [2.24, 2.45) is 0 Å². The van der Waals surface area contributed by atoms with Gasteiger partial charge in [-0.25, -0.2) is 0 Å². The van der Waals surface area contributed by atoms with Gasteiger partial charge in [0.25, 0.3) is 5.91 Å². The molecule has 1 amide bonds. The summed E-state index contributed by atoms with van der Waals surface area (Å²) < 4.78 is 5.93. The quantitative estimate of drug-likeness (QED) is 0.840. The third-order valence-electron chi connectivity index (χ3n) is 4.20. The lowest BCUT2D eigenvalue weighted by Crippen LogP contribution is -2.23. The van der Waals surface area contributed by atoms with Crippen LogP contribution in [-0.2, 0) is 11.2 Å². The molecule has 3 unspecified atom stereocenters. The number of carbonyl (C=O) groups excluding carboxylic acids is 1. The van der Waals surface area contributed by atoms with Crippen LogP contribution in [0.5, 0.6) is 0 Å². The second-order valence-electron chi connectivity index (χ2n) is 5.74. The summed E-state index contributed by atoms with van der Waals surface area (Å²) in [6.07, 6.45) is 4.71. The highest BCUT2D eigenvalue weighted by Crippen LogP contribution is 2.36. The van der Waals surface area contributed by atoms with Crippen LogP contribution >= 0.6 is 15.9 Å². The maximum absolute atomic E-state index is 12.1. The van der Waals surface area contributed by atoms with E-state index in [1.165, 1.54) is 0 Å². The molecule has 3 atom stereocenters. The van der Waals surface area contributed by atoms with E-state index < -0.39 is 0 Å². The highest BCUT2D eigenvalue weighted by molar-refractivity contribution is 9.09. The first-order valence-electron chi connectivity index (χ1n) is 7.35. The molecule has 1 fully saturated rings. The van der Waals surface area contributed by atoms with E-state index >= 15 is 0 Å². The Bertz CT molecular complexity index is 517. The highest BCUT2D eigenvalue weighted by Gasteiger charge is 2.29. The van der Waals surface area contributed by atoms with Crippen LogP contribution in [0.3, 0.4) is 0 Å². The number of hydrogen-bond donors (Lipinski definition) is 1. The molecule has 2 heterocycles. The van der Waals surface area contributed by atoms with Gasteiger partial charge in [-0.2, -0.15) is 0 Å². The number of carbonyl (C=O) groups is 1. The van der Waals surface area contributed by atoms with Crippen molar-refractivity contribution in [3.8, 4) is 0 Å².